The Kier molecular flexibility index (Phi) is 7.01. The fourth-order valence-electron chi connectivity index (χ4n) is 2.58. The lowest BCUT2D eigenvalue weighted by atomic mass is 9.99. The molecule has 9 heteroatoms. The molecule has 2 heterocycles. The number of hydrogen-bond acceptors (Lipinski definition) is 5. The van der Waals surface area contributed by atoms with Crippen LogP contribution in [0.4, 0.5) is 5.13 Å². The van der Waals surface area contributed by atoms with Crippen LogP contribution in [-0.4, -0.2) is 26.7 Å². The molecule has 0 saturated carbocycles. The van der Waals surface area contributed by atoms with Gasteiger partial charge in [0.05, 0.1) is 11.4 Å². The van der Waals surface area contributed by atoms with Gasteiger partial charge in [-0.25, -0.2) is 4.98 Å². The summed E-state index contributed by atoms with van der Waals surface area (Å²) in [4.78, 5) is 17.8. The van der Waals surface area contributed by atoms with E-state index in [-0.39, 0.29) is 43.3 Å². The second-order valence-corrected chi connectivity index (χ2v) is 6.61. The molecule has 1 aliphatic carbocycles. The molecular weight excluding hydrogens is 357 g/mol. The highest BCUT2D eigenvalue weighted by Gasteiger charge is 2.20. The molecule has 0 fully saturated rings. The number of carbonyl (C=O) groups is 1. The first kappa shape index (κ1) is 19.9. The average Bonchev–Trinajstić information content (AvgIpc) is 2.91. The van der Waals surface area contributed by atoms with E-state index in [4.69, 9.17) is 5.73 Å². The Labute approximate surface area is 151 Å². The number of nitrogens with two attached hydrogens (primary N) is 1. The molecular formula is C14H21Cl2N5OS. The van der Waals surface area contributed by atoms with Crippen LogP contribution in [0.3, 0.4) is 0 Å². The maximum absolute atomic E-state index is 12.1. The fourth-order valence-corrected chi connectivity index (χ4v) is 3.70. The summed E-state index contributed by atoms with van der Waals surface area (Å²) >= 11 is 1.53. The maximum atomic E-state index is 12.1. The van der Waals surface area contributed by atoms with Crippen molar-refractivity contribution in [1.82, 2.24) is 14.8 Å². The molecule has 0 saturated heterocycles. The molecule has 1 atom stereocenters. The molecule has 1 aliphatic rings. The van der Waals surface area contributed by atoms with Crippen molar-refractivity contribution in [3.05, 3.63) is 28.0 Å². The van der Waals surface area contributed by atoms with Gasteiger partial charge in [-0.3, -0.25) is 9.48 Å². The zero-order valence-electron chi connectivity index (χ0n) is 13.0. The van der Waals surface area contributed by atoms with Gasteiger partial charge in [0.1, 0.15) is 6.54 Å². The normalized spacial score (nSPS) is 16.0. The summed E-state index contributed by atoms with van der Waals surface area (Å²) in [5.41, 5.74) is 8.94. The molecule has 23 heavy (non-hydrogen) atoms. The standard InChI is InChI=1S/C14H19N5OS.2ClH/c1-8-5-9(2)19(18-8)7-13(20)17-14-16-11-4-3-10(15)6-12(11)21-14;;/h5,10H,3-4,6-7,15H2,1-2H3,(H,16,17,20);2*1H/t10-;;/m0../s1. The number of carbonyl (C=O) groups excluding carboxylic acids is 1. The molecule has 6 nitrogen and oxygen atoms in total. The lowest BCUT2D eigenvalue weighted by Crippen LogP contribution is -2.27. The first-order valence-electron chi connectivity index (χ1n) is 7.06. The van der Waals surface area contributed by atoms with E-state index < -0.39 is 0 Å². The Morgan fingerprint density at radius 3 is 2.87 bits per heavy atom. The monoisotopic (exact) mass is 377 g/mol. The Hall–Kier alpha value is -1.15. The number of rotatable bonds is 3. The smallest absolute Gasteiger partial charge is 0.247 e. The second kappa shape index (κ2) is 8.10. The quantitative estimate of drug-likeness (QED) is 0.858. The Bertz CT molecular complexity index is 685. The van der Waals surface area contributed by atoms with Gasteiger partial charge in [0.25, 0.3) is 0 Å². The third kappa shape index (κ3) is 4.67. The van der Waals surface area contributed by atoms with Crippen LogP contribution in [-0.2, 0) is 24.2 Å². The number of amides is 1. The van der Waals surface area contributed by atoms with E-state index in [0.29, 0.717) is 5.13 Å². The van der Waals surface area contributed by atoms with E-state index in [1.54, 1.807) is 4.68 Å². The van der Waals surface area contributed by atoms with Crippen molar-refractivity contribution in [2.75, 3.05) is 5.32 Å². The Morgan fingerprint density at radius 2 is 2.22 bits per heavy atom. The van der Waals surface area contributed by atoms with Gasteiger partial charge in [-0.1, -0.05) is 0 Å². The lowest BCUT2D eigenvalue weighted by Gasteiger charge is -2.15. The summed E-state index contributed by atoms with van der Waals surface area (Å²) in [6.45, 7) is 4.07. The fraction of sp³-hybridized carbons (Fsp3) is 0.500. The van der Waals surface area contributed by atoms with Crippen LogP contribution in [0.15, 0.2) is 6.07 Å². The van der Waals surface area contributed by atoms with Crippen molar-refractivity contribution in [2.45, 2.75) is 45.7 Å². The number of anilines is 1. The number of aryl methyl sites for hydroxylation is 3. The van der Waals surface area contributed by atoms with Gasteiger partial charge in [0, 0.05) is 16.6 Å². The van der Waals surface area contributed by atoms with Crippen LogP contribution >= 0.6 is 36.2 Å². The topological polar surface area (TPSA) is 85.8 Å². The first-order valence-corrected chi connectivity index (χ1v) is 7.88. The van der Waals surface area contributed by atoms with Crippen LogP contribution in [0.5, 0.6) is 0 Å². The highest BCUT2D eigenvalue weighted by molar-refractivity contribution is 7.15. The third-order valence-corrected chi connectivity index (χ3v) is 4.66. The Morgan fingerprint density at radius 1 is 1.48 bits per heavy atom. The van der Waals surface area contributed by atoms with E-state index in [0.717, 1.165) is 36.3 Å². The summed E-state index contributed by atoms with van der Waals surface area (Å²) < 4.78 is 1.70. The number of halogens is 2. The number of hydrogen-bond donors (Lipinski definition) is 2. The number of fused-ring (bicyclic) bond motifs is 1. The second-order valence-electron chi connectivity index (χ2n) is 5.52. The number of thiazole rings is 1. The highest BCUT2D eigenvalue weighted by atomic mass is 35.5. The zero-order chi connectivity index (χ0) is 15.0. The van der Waals surface area contributed by atoms with Crippen molar-refractivity contribution in [2.24, 2.45) is 5.73 Å². The molecule has 0 radical (unpaired) electrons. The van der Waals surface area contributed by atoms with Crippen molar-refractivity contribution in [1.29, 1.82) is 0 Å². The van der Waals surface area contributed by atoms with Crippen LogP contribution < -0.4 is 11.1 Å². The van der Waals surface area contributed by atoms with E-state index in [1.807, 2.05) is 19.9 Å². The van der Waals surface area contributed by atoms with Gasteiger partial charge < -0.3 is 11.1 Å². The molecule has 0 unspecified atom stereocenters. The molecule has 0 aromatic carbocycles. The minimum Gasteiger partial charge on any atom is -0.327 e. The summed E-state index contributed by atoms with van der Waals surface area (Å²) in [6.07, 6.45) is 2.73. The summed E-state index contributed by atoms with van der Waals surface area (Å²) in [6, 6.07) is 2.17. The maximum Gasteiger partial charge on any atom is 0.247 e. The van der Waals surface area contributed by atoms with E-state index in [1.165, 1.54) is 16.2 Å². The zero-order valence-corrected chi connectivity index (χ0v) is 15.5. The summed E-state index contributed by atoms with van der Waals surface area (Å²) in [5.74, 6) is -0.100. The number of nitrogens with zero attached hydrogens (tertiary/aromatic N) is 3. The minimum absolute atomic E-state index is 0. The molecule has 3 rings (SSSR count). The van der Waals surface area contributed by atoms with E-state index in [9.17, 15) is 4.79 Å². The van der Waals surface area contributed by atoms with Crippen molar-refractivity contribution < 1.29 is 4.79 Å². The van der Waals surface area contributed by atoms with Crippen LogP contribution in [0.2, 0.25) is 0 Å². The predicted octanol–water partition coefficient (Wildman–Crippen LogP) is 2.25. The molecule has 1 amide bonds. The average molecular weight is 378 g/mol. The van der Waals surface area contributed by atoms with Gasteiger partial charge in [-0.2, -0.15) is 5.10 Å². The minimum atomic E-state index is -0.100. The molecule has 2 aromatic rings. The van der Waals surface area contributed by atoms with Crippen molar-refractivity contribution in [3.8, 4) is 0 Å². The molecule has 128 valence electrons. The van der Waals surface area contributed by atoms with Gasteiger partial charge in [-0.05, 0) is 39.2 Å². The lowest BCUT2D eigenvalue weighted by molar-refractivity contribution is -0.116. The molecule has 0 spiro atoms. The number of aromatic nitrogens is 3. The third-order valence-electron chi connectivity index (χ3n) is 3.62. The van der Waals surface area contributed by atoms with Crippen LogP contribution in [0.25, 0.3) is 0 Å². The summed E-state index contributed by atoms with van der Waals surface area (Å²) in [5, 5.41) is 7.82. The van der Waals surface area contributed by atoms with Crippen LogP contribution in [0.1, 0.15) is 28.4 Å². The predicted molar refractivity (Wildman–Crippen MR) is 96.9 cm³/mol. The van der Waals surface area contributed by atoms with Gasteiger partial charge >= 0.3 is 0 Å². The van der Waals surface area contributed by atoms with Crippen LogP contribution in [0, 0.1) is 13.8 Å². The Balaban J connectivity index is 0.00000132. The molecule has 0 aliphatic heterocycles. The summed E-state index contributed by atoms with van der Waals surface area (Å²) in [7, 11) is 0. The highest BCUT2D eigenvalue weighted by Crippen LogP contribution is 2.29. The van der Waals surface area contributed by atoms with E-state index >= 15 is 0 Å². The van der Waals surface area contributed by atoms with Crippen molar-refractivity contribution in [3.63, 3.8) is 0 Å². The SMILES string of the molecule is Cc1cc(C)n(CC(=O)Nc2nc3c(s2)C[C@@H](N)CC3)n1.Cl.Cl. The van der Waals surface area contributed by atoms with Gasteiger partial charge in [-0.15, -0.1) is 36.2 Å². The van der Waals surface area contributed by atoms with Gasteiger partial charge in [0.2, 0.25) is 5.91 Å². The first-order chi connectivity index (χ1) is 10.0. The largest absolute Gasteiger partial charge is 0.327 e. The van der Waals surface area contributed by atoms with Gasteiger partial charge in [0.15, 0.2) is 5.13 Å². The number of nitrogens with one attached hydrogen (secondary N) is 1. The molecule has 3 N–H and O–H groups in total. The van der Waals surface area contributed by atoms with Crippen molar-refractivity contribution >= 4 is 47.2 Å². The van der Waals surface area contributed by atoms with E-state index in [2.05, 4.69) is 15.4 Å². The molecule has 2 aromatic heterocycles. The molecule has 0 bridgehead atoms.